The first-order valence-electron chi connectivity index (χ1n) is 13.6. The van der Waals surface area contributed by atoms with Crippen molar-refractivity contribution in [2.75, 3.05) is 6.61 Å². The highest BCUT2D eigenvalue weighted by Gasteiger charge is 2.25. The molecule has 3 aromatic rings. The Morgan fingerprint density at radius 3 is 2.30 bits per heavy atom. The van der Waals surface area contributed by atoms with E-state index in [1.165, 1.54) is 0 Å². The average molecular weight is 507 g/mol. The van der Waals surface area contributed by atoms with Crippen molar-refractivity contribution in [3.63, 3.8) is 0 Å². The quantitative estimate of drug-likeness (QED) is 0.196. The maximum absolute atomic E-state index is 15.1. The van der Waals surface area contributed by atoms with E-state index >= 15 is 4.39 Å². The third kappa shape index (κ3) is 6.73. The third-order valence-corrected chi connectivity index (χ3v) is 7.44. The average Bonchev–Trinajstić information content (AvgIpc) is 2.92. The summed E-state index contributed by atoms with van der Waals surface area (Å²) in [6.07, 6.45) is 11.8. The van der Waals surface area contributed by atoms with Gasteiger partial charge in [-0.25, -0.2) is 13.2 Å². The maximum atomic E-state index is 15.1. The first-order valence-corrected chi connectivity index (χ1v) is 13.6. The molecule has 4 rings (SSSR count). The fourth-order valence-electron chi connectivity index (χ4n) is 5.18. The lowest BCUT2D eigenvalue weighted by Gasteiger charge is -2.29. The summed E-state index contributed by atoms with van der Waals surface area (Å²) in [5.41, 5.74) is 3.55. The van der Waals surface area contributed by atoms with Crippen LogP contribution >= 0.6 is 0 Å². The zero-order valence-electron chi connectivity index (χ0n) is 21.9. The third-order valence-electron chi connectivity index (χ3n) is 7.44. The van der Waals surface area contributed by atoms with Gasteiger partial charge in [-0.15, -0.1) is 0 Å². The van der Waals surface area contributed by atoms with E-state index in [0.717, 1.165) is 56.1 Å². The van der Waals surface area contributed by atoms with Crippen LogP contribution in [0.3, 0.4) is 0 Å². The molecule has 0 radical (unpaired) electrons. The van der Waals surface area contributed by atoms with Crippen molar-refractivity contribution in [3.05, 3.63) is 95.3 Å². The van der Waals surface area contributed by atoms with Crippen LogP contribution in [0.4, 0.5) is 13.2 Å². The van der Waals surface area contributed by atoms with E-state index in [4.69, 9.17) is 4.74 Å². The Hall–Kier alpha value is -2.85. The van der Waals surface area contributed by atoms with Crippen molar-refractivity contribution in [3.8, 4) is 22.3 Å². The summed E-state index contributed by atoms with van der Waals surface area (Å²) in [5.74, 6) is -1.73. The first-order chi connectivity index (χ1) is 18.0. The number of halogens is 3. The molecular formula is C33H37F3O. The van der Waals surface area contributed by atoms with Gasteiger partial charge >= 0.3 is 0 Å². The van der Waals surface area contributed by atoms with Crippen LogP contribution in [0.5, 0.6) is 0 Å². The van der Waals surface area contributed by atoms with Gasteiger partial charge in [0.25, 0.3) is 0 Å². The molecule has 0 aromatic heterocycles. The van der Waals surface area contributed by atoms with Crippen molar-refractivity contribution in [1.82, 2.24) is 0 Å². The first kappa shape index (κ1) is 27.2. The van der Waals surface area contributed by atoms with Crippen molar-refractivity contribution in [2.45, 2.75) is 77.2 Å². The minimum atomic E-state index is -0.809. The lowest BCUT2D eigenvalue weighted by molar-refractivity contribution is -0.000797. The summed E-state index contributed by atoms with van der Waals surface area (Å²) in [5, 5.41) is 0. The van der Waals surface area contributed by atoms with Gasteiger partial charge in [-0.05, 0) is 79.3 Å². The van der Waals surface area contributed by atoms with Crippen LogP contribution in [0.15, 0.2) is 66.7 Å². The van der Waals surface area contributed by atoms with Crippen molar-refractivity contribution >= 4 is 0 Å². The van der Waals surface area contributed by atoms with Crippen molar-refractivity contribution in [2.24, 2.45) is 0 Å². The minimum absolute atomic E-state index is 0.0669. The van der Waals surface area contributed by atoms with Gasteiger partial charge in [0.15, 0.2) is 11.6 Å². The van der Waals surface area contributed by atoms with E-state index in [9.17, 15) is 8.78 Å². The predicted molar refractivity (Wildman–Crippen MR) is 146 cm³/mol. The van der Waals surface area contributed by atoms with Gasteiger partial charge in [-0.1, -0.05) is 80.4 Å². The number of unbranched alkanes of at least 4 members (excludes halogenated alkanes) is 2. The lowest BCUT2D eigenvalue weighted by Crippen LogP contribution is -2.25. The predicted octanol–water partition coefficient (Wildman–Crippen LogP) is 9.79. The van der Waals surface area contributed by atoms with Gasteiger partial charge in [0, 0.05) is 11.5 Å². The van der Waals surface area contributed by atoms with Gasteiger partial charge in [0.05, 0.1) is 12.7 Å². The van der Waals surface area contributed by atoms with Gasteiger partial charge in [0.1, 0.15) is 5.82 Å². The van der Waals surface area contributed by atoms with Crippen LogP contribution in [-0.4, -0.2) is 12.7 Å². The van der Waals surface area contributed by atoms with Gasteiger partial charge in [0.2, 0.25) is 0 Å². The molecule has 0 amide bonds. The number of hydrogen-bond donors (Lipinski definition) is 0. The van der Waals surface area contributed by atoms with E-state index in [1.54, 1.807) is 30.3 Å². The zero-order chi connectivity index (χ0) is 26.2. The fourth-order valence-corrected chi connectivity index (χ4v) is 5.18. The summed E-state index contributed by atoms with van der Waals surface area (Å²) in [6, 6.07) is 15.9. The molecule has 0 bridgehead atoms. The molecule has 0 saturated carbocycles. The Morgan fingerprint density at radius 2 is 1.62 bits per heavy atom. The highest BCUT2D eigenvalue weighted by Crippen LogP contribution is 2.34. The second kappa shape index (κ2) is 13.1. The number of ether oxygens (including phenoxy) is 1. The number of allylic oxidation sites excluding steroid dienone is 2. The second-order valence-corrected chi connectivity index (χ2v) is 10.0. The lowest BCUT2D eigenvalue weighted by atomic mass is 9.88. The normalized spacial score (nSPS) is 18.0. The molecule has 4 heteroatoms. The molecule has 2 unspecified atom stereocenters. The Kier molecular flexibility index (Phi) is 9.62. The smallest absolute Gasteiger partial charge is 0.166 e. The minimum Gasteiger partial charge on any atom is -0.378 e. The summed E-state index contributed by atoms with van der Waals surface area (Å²) in [4.78, 5) is 0. The van der Waals surface area contributed by atoms with Crippen LogP contribution < -0.4 is 0 Å². The van der Waals surface area contributed by atoms with Crippen LogP contribution in [0, 0.1) is 17.5 Å². The Morgan fingerprint density at radius 1 is 0.865 bits per heavy atom. The topological polar surface area (TPSA) is 9.23 Å². The van der Waals surface area contributed by atoms with Gasteiger partial charge < -0.3 is 4.74 Å². The zero-order valence-corrected chi connectivity index (χ0v) is 21.9. The van der Waals surface area contributed by atoms with Crippen LogP contribution in [0.2, 0.25) is 0 Å². The number of benzene rings is 3. The number of hydrogen-bond acceptors (Lipinski definition) is 1. The standard InChI is InChI=1S/C33H37F3O/c1-3-5-7-9-25-16-20-30(33(36)32(25)35)24-13-11-23(12-14-24)26-17-19-29(31(34)21-26)27-15-18-28(37-22-27)10-8-6-4-2/h4,6,11-14,16-17,19-21,27-28H,3,5,7-10,15,18,22H2,1-2H3. The second-order valence-electron chi connectivity index (χ2n) is 10.0. The number of rotatable bonds is 10. The van der Waals surface area contributed by atoms with Crippen LogP contribution in [0.1, 0.15) is 75.8 Å². The molecular weight excluding hydrogens is 469 g/mol. The molecule has 0 spiro atoms. The van der Waals surface area contributed by atoms with E-state index < -0.39 is 11.6 Å². The molecule has 0 N–H and O–H groups in total. The molecule has 37 heavy (non-hydrogen) atoms. The Labute approximate surface area is 219 Å². The maximum Gasteiger partial charge on any atom is 0.166 e. The molecule has 1 fully saturated rings. The van der Waals surface area contributed by atoms with Crippen LogP contribution in [0.25, 0.3) is 22.3 Å². The molecule has 0 aliphatic carbocycles. The van der Waals surface area contributed by atoms with Crippen molar-refractivity contribution < 1.29 is 17.9 Å². The highest BCUT2D eigenvalue weighted by atomic mass is 19.2. The number of aryl methyl sites for hydroxylation is 1. The summed E-state index contributed by atoms with van der Waals surface area (Å²) in [7, 11) is 0. The van der Waals surface area contributed by atoms with Gasteiger partial charge in [-0.2, -0.15) is 0 Å². The summed E-state index contributed by atoms with van der Waals surface area (Å²) < 4.78 is 50.5. The molecule has 1 aliphatic heterocycles. The molecule has 2 atom stereocenters. The van der Waals surface area contributed by atoms with Gasteiger partial charge in [-0.3, -0.25) is 0 Å². The monoisotopic (exact) mass is 506 g/mol. The summed E-state index contributed by atoms with van der Waals surface area (Å²) >= 11 is 0. The molecule has 1 heterocycles. The largest absolute Gasteiger partial charge is 0.378 e. The highest BCUT2D eigenvalue weighted by molar-refractivity contribution is 5.71. The SMILES string of the molecule is CC=CCCC1CCC(c2ccc(-c3ccc(-c4ccc(CCCCC)c(F)c4F)cc3)cc2F)CO1. The van der Waals surface area contributed by atoms with E-state index in [-0.39, 0.29) is 23.4 Å². The summed E-state index contributed by atoms with van der Waals surface area (Å²) in [6.45, 7) is 4.65. The van der Waals surface area contributed by atoms with E-state index in [2.05, 4.69) is 19.1 Å². The van der Waals surface area contributed by atoms with E-state index in [0.29, 0.717) is 29.7 Å². The Balaban J connectivity index is 1.43. The van der Waals surface area contributed by atoms with Crippen molar-refractivity contribution in [1.29, 1.82) is 0 Å². The molecule has 1 saturated heterocycles. The molecule has 1 aliphatic rings. The van der Waals surface area contributed by atoms with E-state index in [1.807, 2.05) is 31.2 Å². The Bertz CT molecular complexity index is 1190. The fraction of sp³-hybridized carbons (Fsp3) is 0.394. The molecule has 196 valence electrons. The molecule has 1 nitrogen and oxygen atoms in total. The molecule has 3 aromatic carbocycles. The van der Waals surface area contributed by atoms with Crippen LogP contribution in [-0.2, 0) is 11.2 Å².